The van der Waals surface area contributed by atoms with Crippen molar-refractivity contribution in [2.45, 2.75) is 20.8 Å². The average Bonchev–Trinajstić information content (AvgIpc) is 2.73. The van der Waals surface area contributed by atoms with Crippen LogP contribution >= 0.6 is 0 Å². The first kappa shape index (κ1) is 22.6. The number of hydrogen-bond donors (Lipinski definition) is 2. The van der Waals surface area contributed by atoms with E-state index in [0.717, 1.165) is 11.1 Å². The second kappa shape index (κ2) is 10.8. The van der Waals surface area contributed by atoms with E-state index in [-0.39, 0.29) is 13.2 Å². The highest BCUT2D eigenvalue weighted by Gasteiger charge is 2.12. The zero-order chi connectivity index (χ0) is 22.1. The standard InChI is InChI=1S/C22H24N2O6/c1-4-29-22(28)16-7-9-18(10-8-16)24-19(25)13-30-20(26)12-23-21(27)17-6-5-14(2)15(3)11-17/h5-11H,4,12-13H2,1-3H3,(H,23,27)(H,24,25). The molecule has 0 saturated heterocycles. The number of nitrogens with one attached hydrogen (secondary N) is 2. The summed E-state index contributed by atoms with van der Waals surface area (Å²) in [4.78, 5) is 47.3. The highest BCUT2D eigenvalue weighted by molar-refractivity contribution is 5.97. The maximum absolute atomic E-state index is 12.1. The van der Waals surface area contributed by atoms with Crippen molar-refractivity contribution in [1.82, 2.24) is 5.32 Å². The van der Waals surface area contributed by atoms with Gasteiger partial charge in [-0.3, -0.25) is 14.4 Å². The third-order valence-electron chi connectivity index (χ3n) is 4.21. The number of anilines is 1. The summed E-state index contributed by atoms with van der Waals surface area (Å²) in [5, 5.41) is 5.00. The summed E-state index contributed by atoms with van der Waals surface area (Å²) in [5.41, 5.74) is 3.27. The lowest BCUT2D eigenvalue weighted by molar-refractivity contribution is -0.146. The van der Waals surface area contributed by atoms with Crippen LogP contribution in [-0.2, 0) is 19.1 Å². The molecule has 0 saturated carbocycles. The molecule has 0 aromatic heterocycles. The number of ether oxygens (including phenoxy) is 2. The summed E-state index contributed by atoms with van der Waals surface area (Å²) in [5.74, 6) is -2.14. The van der Waals surface area contributed by atoms with Crippen LogP contribution in [0.15, 0.2) is 42.5 Å². The normalized spacial score (nSPS) is 10.1. The minimum atomic E-state index is -0.736. The van der Waals surface area contributed by atoms with Crippen LogP contribution in [0.3, 0.4) is 0 Å². The van der Waals surface area contributed by atoms with E-state index in [1.165, 1.54) is 24.3 Å². The fourth-order valence-corrected chi connectivity index (χ4v) is 2.44. The average molecular weight is 412 g/mol. The predicted octanol–water partition coefficient (Wildman–Crippen LogP) is 2.39. The quantitative estimate of drug-likeness (QED) is 0.644. The lowest BCUT2D eigenvalue weighted by Gasteiger charge is -2.09. The highest BCUT2D eigenvalue weighted by atomic mass is 16.5. The van der Waals surface area contributed by atoms with Crippen molar-refractivity contribution < 1.29 is 28.7 Å². The van der Waals surface area contributed by atoms with Gasteiger partial charge in [0.25, 0.3) is 11.8 Å². The van der Waals surface area contributed by atoms with Crippen LogP contribution < -0.4 is 10.6 Å². The monoisotopic (exact) mass is 412 g/mol. The molecular weight excluding hydrogens is 388 g/mol. The van der Waals surface area contributed by atoms with Gasteiger partial charge in [0, 0.05) is 11.3 Å². The molecule has 0 aliphatic carbocycles. The number of esters is 2. The van der Waals surface area contributed by atoms with Crippen LogP contribution in [0, 0.1) is 13.8 Å². The van der Waals surface area contributed by atoms with Gasteiger partial charge in [-0.2, -0.15) is 0 Å². The summed E-state index contributed by atoms with van der Waals surface area (Å²) in [6, 6.07) is 11.3. The van der Waals surface area contributed by atoms with E-state index in [4.69, 9.17) is 9.47 Å². The first-order valence-corrected chi connectivity index (χ1v) is 9.38. The Bertz CT molecular complexity index is 937. The molecule has 158 valence electrons. The van der Waals surface area contributed by atoms with Crippen LogP contribution in [0.5, 0.6) is 0 Å². The minimum absolute atomic E-state index is 0.272. The van der Waals surface area contributed by atoms with E-state index in [0.29, 0.717) is 16.8 Å². The molecule has 0 unspecified atom stereocenters. The Morgan fingerprint density at radius 2 is 1.53 bits per heavy atom. The van der Waals surface area contributed by atoms with Crippen molar-refractivity contribution in [1.29, 1.82) is 0 Å². The Kier molecular flexibility index (Phi) is 8.10. The largest absolute Gasteiger partial charge is 0.462 e. The van der Waals surface area contributed by atoms with E-state index in [9.17, 15) is 19.2 Å². The molecule has 0 fully saturated rings. The maximum Gasteiger partial charge on any atom is 0.338 e. The van der Waals surface area contributed by atoms with E-state index in [2.05, 4.69) is 10.6 Å². The van der Waals surface area contributed by atoms with Gasteiger partial charge in [0.2, 0.25) is 0 Å². The molecule has 0 aliphatic heterocycles. The van der Waals surface area contributed by atoms with Crippen molar-refractivity contribution >= 4 is 29.4 Å². The van der Waals surface area contributed by atoms with E-state index in [1.807, 2.05) is 19.9 Å². The number of amides is 2. The number of aryl methyl sites for hydroxylation is 2. The van der Waals surface area contributed by atoms with Gasteiger partial charge in [-0.1, -0.05) is 6.07 Å². The number of rotatable bonds is 8. The molecular formula is C22H24N2O6. The predicted molar refractivity (Wildman–Crippen MR) is 110 cm³/mol. The third-order valence-corrected chi connectivity index (χ3v) is 4.21. The van der Waals surface area contributed by atoms with Gasteiger partial charge < -0.3 is 20.1 Å². The van der Waals surface area contributed by atoms with Gasteiger partial charge in [0.15, 0.2) is 6.61 Å². The molecule has 0 aliphatic rings. The van der Waals surface area contributed by atoms with Gasteiger partial charge in [-0.25, -0.2) is 4.79 Å². The molecule has 0 spiro atoms. The van der Waals surface area contributed by atoms with Crippen molar-refractivity contribution in [2.24, 2.45) is 0 Å². The van der Waals surface area contributed by atoms with Gasteiger partial charge >= 0.3 is 11.9 Å². The Morgan fingerprint density at radius 1 is 0.867 bits per heavy atom. The number of benzene rings is 2. The molecule has 2 rings (SSSR count). The topological polar surface area (TPSA) is 111 Å². The van der Waals surface area contributed by atoms with Crippen LogP contribution in [0.4, 0.5) is 5.69 Å². The van der Waals surface area contributed by atoms with Crippen molar-refractivity contribution in [3.8, 4) is 0 Å². The van der Waals surface area contributed by atoms with E-state index in [1.54, 1.807) is 19.1 Å². The Balaban J connectivity index is 1.75. The van der Waals surface area contributed by atoms with Crippen LogP contribution in [-0.4, -0.2) is 43.5 Å². The Morgan fingerprint density at radius 3 is 2.17 bits per heavy atom. The number of carbonyl (C=O) groups excluding carboxylic acids is 4. The maximum atomic E-state index is 12.1. The van der Waals surface area contributed by atoms with Crippen molar-refractivity contribution in [3.05, 3.63) is 64.7 Å². The smallest absolute Gasteiger partial charge is 0.338 e. The van der Waals surface area contributed by atoms with Crippen LogP contribution in [0.1, 0.15) is 38.8 Å². The van der Waals surface area contributed by atoms with E-state index < -0.39 is 30.4 Å². The van der Waals surface area contributed by atoms with Gasteiger partial charge in [0.05, 0.1) is 12.2 Å². The molecule has 2 N–H and O–H groups in total. The summed E-state index contributed by atoms with van der Waals surface area (Å²) >= 11 is 0. The zero-order valence-corrected chi connectivity index (χ0v) is 17.1. The molecule has 2 amide bonds. The summed E-state index contributed by atoms with van der Waals surface area (Å²) in [7, 11) is 0. The first-order valence-electron chi connectivity index (χ1n) is 9.38. The molecule has 0 bridgehead atoms. The SMILES string of the molecule is CCOC(=O)c1ccc(NC(=O)COC(=O)CNC(=O)c2ccc(C)c(C)c2)cc1. The molecule has 8 nitrogen and oxygen atoms in total. The molecule has 8 heteroatoms. The molecule has 0 heterocycles. The number of hydrogen-bond acceptors (Lipinski definition) is 6. The fourth-order valence-electron chi connectivity index (χ4n) is 2.44. The molecule has 30 heavy (non-hydrogen) atoms. The lowest BCUT2D eigenvalue weighted by Crippen LogP contribution is -2.32. The van der Waals surface area contributed by atoms with E-state index >= 15 is 0 Å². The molecule has 2 aromatic carbocycles. The summed E-state index contributed by atoms with van der Waals surface area (Å²) in [6.45, 7) is 4.96. The fraction of sp³-hybridized carbons (Fsp3) is 0.273. The summed E-state index contributed by atoms with van der Waals surface area (Å²) < 4.78 is 9.74. The second-order valence-corrected chi connectivity index (χ2v) is 6.49. The molecule has 0 atom stereocenters. The lowest BCUT2D eigenvalue weighted by atomic mass is 10.1. The van der Waals surface area contributed by atoms with Gasteiger partial charge in [-0.15, -0.1) is 0 Å². The molecule has 0 radical (unpaired) electrons. The number of carbonyl (C=O) groups is 4. The third kappa shape index (κ3) is 6.73. The van der Waals surface area contributed by atoms with Crippen LogP contribution in [0.2, 0.25) is 0 Å². The Labute approximate surface area is 174 Å². The van der Waals surface area contributed by atoms with Gasteiger partial charge in [0.1, 0.15) is 6.54 Å². The highest BCUT2D eigenvalue weighted by Crippen LogP contribution is 2.11. The summed E-state index contributed by atoms with van der Waals surface area (Å²) in [6.07, 6.45) is 0. The van der Waals surface area contributed by atoms with Crippen LogP contribution in [0.25, 0.3) is 0 Å². The van der Waals surface area contributed by atoms with Crippen molar-refractivity contribution in [2.75, 3.05) is 25.1 Å². The first-order chi connectivity index (χ1) is 14.3. The molecule has 2 aromatic rings. The minimum Gasteiger partial charge on any atom is -0.462 e. The van der Waals surface area contributed by atoms with Crippen molar-refractivity contribution in [3.63, 3.8) is 0 Å². The van der Waals surface area contributed by atoms with Gasteiger partial charge in [-0.05, 0) is 68.3 Å². The Hall–Kier alpha value is -3.68. The second-order valence-electron chi connectivity index (χ2n) is 6.49. The zero-order valence-electron chi connectivity index (χ0n) is 17.1.